The molecule has 0 radical (unpaired) electrons. The van der Waals surface area contributed by atoms with Gasteiger partial charge in [-0.3, -0.25) is 4.79 Å². The molecule has 0 aliphatic heterocycles. The Morgan fingerprint density at radius 3 is 2.29 bits per heavy atom. The number of alkyl halides is 3. The molecule has 3 nitrogen and oxygen atoms in total. The molecule has 2 rings (SSSR count). The number of aromatic nitrogens is 1. The van der Waals surface area contributed by atoms with E-state index in [9.17, 15) is 22.4 Å². The number of hydrogen-bond donors (Lipinski definition) is 1. The van der Waals surface area contributed by atoms with E-state index in [-0.39, 0.29) is 16.8 Å². The molecule has 0 saturated heterocycles. The van der Waals surface area contributed by atoms with Crippen LogP contribution in [0.3, 0.4) is 0 Å². The van der Waals surface area contributed by atoms with Crippen molar-refractivity contribution < 1.29 is 27.5 Å². The van der Waals surface area contributed by atoms with E-state index in [2.05, 4.69) is 4.98 Å². The van der Waals surface area contributed by atoms with Gasteiger partial charge in [-0.25, -0.2) is 4.98 Å². The summed E-state index contributed by atoms with van der Waals surface area (Å²) in [7, 11) is 0. The Morgan fingerprint density at radius 1 is 1.14 bits per heavy atom. The highest BCUT2D eigenvalue weighted by Gasteiger charge is 2.30. The summed E-state index contributed by atoms with van der Waals surface area (Å²) >= 11 is 0. The summed E-state index contributed by atoms with van der Waals surface area (Å²) < 4.78 is 50.7. The molecule has 0 aliphatic carbocycles. The first kappa shape index (κ1) is 15.0. The van der Waals surface area contributed by atoms with E-state index in [4.69, 9.17) is 5.11 Å². The van der Waals surface area contributed by atoms with E-state index >= 15 is 0 Å². The molecule has 7 heteroatoms. The number of benzene rings is 1. The Morgan fingerprint density at radius 2 is 1.76 bits per heavy atom. The smallest absolute Gasteiger partial charge is 0.416 e. The van der Waals surface area contributed by atoms with Crippen molar-refractivity contribution >= 4 is 5.97 Å². The van der Waals surface area contributed by atoms with Gasteiger partial charge in [0, 0.05) is 5.56 Å². The molecule has 0 spiro atoms. The van der Waals surface area contributed by atoms with E-state index in [1.54, 1.807) is 0 Å². The lowest BCUT2D eigenvalue weighted by molar-refractivity contribution is -0.138. The predicted octanol–water partition coefficient (Wildman–Crippen LogP) is 3.53. The Balaban J connectivity index is 2.37. The van der Waals surface area contributed by atoms with Crippen LogP contribution >= 0.6 is 0 Å². The molecule has 0 amide bonds. The average molecular weight is 299 g/mol. The van der Waals surface area contributed by atoms with Crippen LogP contribution in [0.1, 0.15) is 11.1 Å². The van der Waals surface area contributed by atoms with Gasteiger partial charge in [0.2, 0.25) is 5.95 Å². The van der Waals surface area contributed by atoms with Crippen molar-refractivity contribution in [3.05, 3.63) is 53.5 Å². The number of carbonyl (C=O) groups is 1. The van der Waals surface area contributed by atoms with Crippen LogP contribution in [-0.4, -0.2) is 16.1 Å². The van der Waals surface area contributed by atoms with Gasteiger partial charge in [0.05, 0.1) is 17.7 Å². The van der Waals surface area contributed by atoms with Gasteiger partial charge < -0.3 is 5.11 Å². The second-order valence-corrected chi connectivity index (χ2v) is 4.33. The fourth-order valence-corrected chi connectivity index (χ4v) is 1.80. The van der Waals surface area contributed by atoms with Gasteiger partial charge in [0.1, 0.15) is 0 Å². The fourth-order valence-electron chi connectivity index (χ4n) is 1.80. The van der Waals surface area contributed by atoms with E-state index < -0.39 is 30.1 Å². The van der Waals surface area contributed by atoms with Gasteiger partial charge in [-0.15, -0.1) is 0 Å². The maximum Gasteiger partial charge on any atom is 0.416 e. The second kappa shape index (κ2) is 5.51. The largest absolute Gasteiger partial charge is 0.481 e. The molecule has 0 aliphatic rings. The van der Waals surface area contributed by atoms with Crippen LogP contribution in [0, 0.1) is 5.95 Å². The standard InChI is InChI=1S/C14H9F4NO2/c15-12-6-8(7-13(20)21)5-11(19-12)9-1-3-10(4-2-9)14(16,17)18/h1-6H,7H2,(H,20,21). The highest BCUT2D eigenvalue weighted by atomic mass is 19.4. The zero-order valence-corrected chi connectivity index (χ0v) is 10.5. The van der Waals surface area contributed by atoms with Crippen LogP contribution in [0.25, 0.3) is 11.3 Å². The van der Waals surface area contributed by atoms with Crippen molar-refractivity contribution in [1.29, 1.82) is 0 Å². The van der Waals surface area contributed by atoms with Crippen molar-refractivity contribution in [3.63, 3.8) is 0 Å². The second-order valence-electron chi connectivity index (χ2n) is 4.33. The molecule has 0 bridgehead atoms. The maximum atomic E-state index is 13.3. The first-order valence-electron chi connectivity index (χ1n) is 5.81. The quantitative estimate of drug-likeness (QED) is 0.696. The molecule has 0 saturated carbocycles. The molecule has 2 aromatic rings. The number of carboxylic acid groups (broad SMARTS) is 1. The van der Waals surface area contributed by atoms with Crippen LogP contribution in [-0.2, 0) is 17.4 Å². The van der Waals surface area contributed by atoms with Gasteiger partial charge in [0.25, 0.3) is 0 Å². The lowest BCUT2D eigenvalue weighted by Crippen LogP contribution is -2.04. The summed E-state index contributed by atoms with van der Waals surface area (Å²) in [5.74, 6) is -2.03. The first-order chi connectivity index (χ1) is 9.75. The SMILES string of the molecule is O=C(O)Cc1cc(F)nc(-c2ccc(C(F)(F)F)cc2)c1. The maximum absolute atomic E-state index is 13.3. The number of hydrogen-bond acceptors (Lipinski definition) is 2. The topological polar surface area (TPSA) is 50.2 Å². The minimum atomic E-state index is -4.46. The molecular formula is C14H9F4NO2. The zero-order chi connectivity index (χ0) is 15.6. The van der Waals surface area contributed by atoms with Crippen LogP contribution in [0.4, 0.5) is 17.6 Å². The van der Waals surface area contributed by atoms with E-state index in [1.165, 1.54) is 6.07 Å². The third-order valence-corrected chi connectivity index (χ3v) is 2.72. The minimum absolute atomic E-state index is 0.0833. The predicted molar refractivity (Wildman–Crippen MR) is 66.0 cm³/mol. The molecule has 1 aromatic carbocycles. The summed E-state index contributed by atoms with van der Waals surface area (Å²) in [4.78, 5) is 14.2. The first-order valence-corrected chi connectivity index (χ1v) is 5.81. The van der Waals surface area contributed by atoms with E-state index in [0.29, 0.717) is 0 Å². The molecule has 1 N–H and O–H groups in total. The van der Waals surface area contributed by atoms with Gasteiger partial charge in [-0.1, -0.05) is 12.1 Å². The van der Waals surface area contributed by atoms with Crippen LogP contribution in [0.2, 0.25) is 0 Å². The van der Waals surface area contributed by atoms with Gasteiger partial charge in [0.15, 0.2) is 0 Å². The lowest BCUT2D eigenvalue weighted by Gasteiger charge is -2.08. The summed E-state index contributed by atoms with van der Waals surface area (Å²) in [6.45, 7) is 0. The summed E-state index contributed by atoms with van der Waals surface area (Å²) in [6.07, 6.45) is -4.85. The highest BCUT2D eigenvalue weighted by Crippen LogP contribution is 2.30. The van der Waals surface area contributed by atoms with Crippen molar-refractivity contribution in [2.45, 2.75) is 12.6 Å². The summed E-state index contributed by atoms with van der Waals surface area (Å²) in [5.41, 5.74) is -0.285. The van der Waals surface area contributed by atoms with Crippen LogP contribution in [0.5, 0.6) is 0 Å². The van der Waals surface area contributed by atoms with E-state index in [0.717, 1.165) is 30.3 Å². The van der Waals surface area contributed by atoms with Gasteiger partial charge in [-0.2, -0.15) is 17.6 Å². The highest BCUT2D eigenvalue weighted by molar-refractivity contribution is 5.71. The third-order valence-electron chi connectivity index (χ3n) is 2.72. The summed E-state index contributed by atoms with van der Waals surface area (Å²) in [5, 5.41) is 8.68. The fraction of sp³-hybridized carbons (Fsp3) is 0.143. The Bertz CT molecular complexity index is 666. The molecule has 1 heterocycles. The number of halogens is 4. The minimum Gasteiger partial charge on any atom is -0.481 e. The van der Waals surface area contributed by atoms with Gasteiger partial charge in [-0.05, 0) is 29.8 Å². The molecule has 21 heavy (non-hydrogen) atoms. The number of rotatable bonds is 3. The van der Waals surface area contributed by atoms with E-state index in [1.807, 2.05) is 0 Å². The number of aliphatic carboxylic acids is 1. The third kappa shape index (κ3) is 3.77. The van der Waals surface area contributed by atoms with Crippen LogP contribution < -0.4 is 0 Å². The molecule has 1 aromatic heterocycles. The average Bonchev–Trinajstić information content (AvgIpc) is 2.36. The molecular weight excluding hydrogens is 290 g/mol. The lowest BCUT2D eigenvalue weighted by atomic mass is 10.1. The monoisotopic (exact) mass is 299 g/mol. The molecule has 110 valence electrons. The Kier molecular flexibility index (Phi) is 3.93. The molecule has 0 unspecified atom stereocenters. The Hall–Kier alpha value is -2.44. The van der Waals surface area contributed by atoms with Crippen molar-refractivity contribution in [1.82, 2.24) is 4.98 Å². The van der Waals surface area contributed by atoms with Gasteiger partial charge >= 0.3 is 12.1 Å². The van der Waals surface area contributed by atoms with Crippen molar-refractivity contribution in [2.75, 3.05) is 0 Å². The van der Waals surface area contributed by atoms with Crippen molar-refractivity contribution in [3.8, 4) is 11.3 Å². The van der Waals surface area contributed by atoms with Crippen molar-refractivity contribution in [2.24, 2.45) is 0 Å². The number of carboxylic acids is 1. The zero-order valence-electron chi connectivity index (χ0n) is 10.5. The number of nitrogens with zero attached hydrogens (tertiary/aromatic N) is 1. The number of pyridine rings is 1. The Labute approximate surface area is 116 Å². The molecule has 0 atom stereocenters. The molecule has 0 fully saturated rings. The van der Waals surface area contributed by atoms with Crippen LogP contribution in [0.15, 0.2) is 36.4 Å². The summed E-state index contributed by atoms with van der Waals surface area (Å²) in [6, 6.07) is 6.35. The normalized spacial score (nSPS) is 11.4.